The zero-order chi connectivity index (χ0) is 14.8. The van der Waals surface area contributed by atoms with E-state index in [0.717, 1.165) is 40.3 Å². The summed E-state index contributed by atoms with van der Waals surface area (Å²) in [5, 5.41) is 0. The summed E-state index contributed by atoms with van der Waals surface area (Å²) in [4.78, 5) is 4.77. The molecule has 0 N–H and O–H groups in total. The van der Waals surface area contributed by atoms with Crippen LogP contribution in [0.25, 0.3) is 22.4 Å². The monoisotopic (exact) mass is 300 g/mol. The third kappa shape index (κ3) is 2.49. The van der Waals surface area contributed by atoms with Crippen LogP contribution in [0, 0.1) is 0 Å². The molecule has 0 fully saturated rings. The Hall–Kier alpha value is -2.00. The van der Waals surface area contributed by atoms with Crippen molar-refractivity contribution in [1.29, 1.82) is 0 Å². The minimum atomic E-state index is 0.529. The SMILES string of the molecule is CCn1c(-c2ccc(CCl)cc2)nc2cc(OC)ccc21. The molecule has 2 aromatic carbocycles. The lowest BCUT2D eigenvalue weighted by Gasteiger charge is -2.06. The van der Waals surface area contributed by atoms with Crippen molar-refractivity contribution in [3.8, 4) is 17.1 Å². The Labute approximate surface area is 129 Å². The molecule has 0 saturated heterocycles. The number of rotatable bonds is 4. The number of hydrogen-bond donors (Lipinski definition) is 0. The molecular formula is C17H17ClN2O. The average Bonchev–Trinajstić information content (AvgIpc) is 2.92. The van der Waals surface area contributed by atoms with E-state index in [1.54, 1.807) is 7.11 Å². The van der Waals surface area contributed by atoms with Gasteiger partial charge in [-0.2, -0.15) is 0 Å². The standard InChI is InChI=1S/C17H17ClN2O/c1-3-20-16-9-8-14(21-2)10-15(16)19-17(20)13-6-4-12(11-18)5-7-13/h4-10H,3,11H2,1-2H3. The number of halogens is 1. The lowest BCUT2D eigenvalue weighted by atomic mass is 10.1. The highest BCUT2D eigenvalue weighted by Gasteiger charge is 2.12. The highest BCUT2D eigenvalue weighted by Crippen LogP contribution is 2.27. The summed E-state index contributed by atoms with van der Waals surface area (Å²) < 4.78 is 7.49. The van der Waals surface area contributed by atoms with E-state index in [1.807, 2.05) is 24.3 Å². The van der Waals surface area contributed by atoms with Gasteiger partial charge in [-0.25, -0.2) is 4.98 Å². The molecule has 3 nitrogen and oxygen atoms in total. The minimum absolute atomic E-state index is 0.529. The van der Waals surface area contributed by atoms with Gasteiger partial charge < -0.3 is 9.30 Å². The summed E-state index contributed by atoms with van der Waals surface area (Å²) in [6, 6.07) is 14.2. The number of imidazole rings is 1. The van der Waals surface area contributed by atoms with Gasteiger partial charge >= 0.3 is 0 Å². The van der Waals surface area contributed by atoms with Crippen molar-refractivity contribution in [2.75, 3.05) is 7.11 Å². The van der Waals surface area contributed by atoms with Crippen LogP contribution in [0.15, 0.2) is 42.5 Å². The Morgan fingerprint density at radius 1 is 1.14 bits per heavy atom. The fraction of sp³-hybridized carbons (Fsp3) is 0.235. The van der Waals surface area contributed by atoms with E-state index >= 15 is 0 Å². The van der Waals surface area contributed by atoms with E-state index in [-0.39, 0.29) is 0 Å². The fourth-order valence-corrected chi connectivity index (χ4v) is 2.70. The molecule has 0 atom stereocenters. The number of alkyl halides is 1. The van der Waals surface area contributed by atoms with E-state index in [4.69, 9.17) is 21.3 Å². The molecule has 1 heterocycles. The van der Waals surface area contributed by atoms with Crippen LogP contribution in [0.2, 0.25) is 0 Å². The molecule has 1 aromatic heterocycles. The molecule has 0 aliphatic rings. The highest BCUT2D eigenvalue weighted by atomic mass is 35.5. The number of aryl methyl sites for hydroxylation is 1. The van der Waals surface area contributed by atoms with Crippen molar-refractivity contribution in [2.45, 2.75) is 19.3 Å². The lowest BCUT2D eigenvalue weighted by Crippen LogP contribution is -1.97. The van der Waals surface area contributed by atoms with Gasteiger partial charge in [0.05, 0.1) is 18.1 Å². The Morgan fingerprint density at radius 2 is 1.90 bits per heavy atom. The van der Waals surface area contributed by atoms with Crippen LogP contribution >= 0.6 is 11.6 Å². The maximum absolute atomic E-state index is 5.85. The van der Waals surface area contributed by atoms with Crippen molar-refractivity contribution in [3.63, 3.8) is 0 Å². The van der Waals surface area contributed by atoms with Crippen molar-refractivity contribution in [2.24, 2.45) is 0 Å². The lowest BCUT2D eigenvalue weighted by molar-refractivity contribution is 0.415. The molecule has 3 rings (SSSR count). The zero-order valence-corrected chi connectivity index (χ0v) is 12.9. The minimum Gasteiger partial charge on any atom is -0.497 e. The van der Waals surface area contributed by atoms with Crippen molar-refractivity contribution in [3.05, 3.63) is 48.0 Å². The van der Waals surface area contributed by atoms with Gasteiger partial charge in [-0.15, -0.1) is 11.6 Å². The van der Waals surface area contributed by atoms with Crippen molar-refractivity contribution < 1.29 is 4.74 Å². The van der Waals surface area contributed by atoms with Crippen LogP contribution in [0.1, 0.15) is 12.5 Å². The van der Waals surface area contributed by atoms with Gasteiger partial charge in [0, 0.05) is 24.1 Å². The first-order valence-electron chi connectivity index (χ1n) is 6.96. The van der Waals surface area contributed by atoms with E-state index in [2.05, 4.69) is 29.7 Å². The summed E-state index contributed by atoms with van der Waals surface area (Å²) >= 11 is 5.85. The molecular weight excluding hydrogens is 284 g/mol. The predicted molar refractivity (Wildman–Crippen MR) is 87.0 cm³/mol. The van der Waals surface area contributed by atoms with E-state index in [0.29, 0.717) is 5.88 Å². The molecule has 3 aromatic rings. The van der Waals surface area contributed by atoms with Crippen LogP contribution in [-0.2, 0) is 12.4 Å². The van der Waals surface area contributed by atoms with E-state index in [1.165, 1.54) is 0 Å². The number of hydrogen-bond acceptors (Lipinski definition) is 2. The first-order valence-corrected chi connectivity index (χ1v) is 7.49. The van der Waals surface area contributed by atoms with Crippen molar-refractivity contribution in [1.82, 2.24) is 9.55 Å². The maximum atomic E-state index is 5.85. The summed E-state index contributed by atoms with van der Waals surface area (Å²) in [6.07, 6.45) is 0. The second-order valence-corrected chi connectivity index (χ2v) is 5.13. The van der Waals surface area contributed by atoms with Crippen LogP contribution < -0.4 is 4.74 Å². The third-order valence-electron chi connectivity index (χ3n) is 3.64. The topological polar surface area (TPSA) is 27.1 Å². The Morgan fingerprint density at radius 3 is 2.52 bits per heavy atom. The van der Waals surface area contributed by atoms with Crippen LogP contribution in [-0.4, -0.2) is 16.7 Å². The van der Waals surface area contributed by atoms with Crippen LogP contribution in [0.3, 0.4) is 0 Å². The third-order valence-corrected chi connectivity index (χ3v) is 3.95. The normalized spacial score (nSPS) is 11.0. The first kappa shape index (κ1) is 14.0. The average molecular weight is 301 g/mol. The number of nitrogens with zero attached hydrogens (tertiary/aromatic N) is 2. The van der Waals surface area contributed by atoms with Gasteiger partial charge in [-0.05, 0) is 24.6 Å². The predicted octanol–water partition coefficient (Wildman–Crippen LogP) is 4.47. The van der Waals surface area contributed by atoms with Gasteiger partial charge in [0.15, 0.2) is 0 Å². The second kappa shape index (κ2) is 5.78. The molecule has 0 aliphatic heterocycles. The second-order valence-electron chi connectivity index (χ2n) is 4.86. The van der Waals surface area contributed by atoms with Crippen LogP contribution in [0.5, 0.6) is 5.75 Å². The molecule has 21 heavy (non-hydrogen) atoms. The Balaban J connectivity index is 2.16. The molecule has 0 radical (unpaired) electrons. The van der Waals surface area contributed by atoms with Gasteiger partial charge in [-0.1, -0.05) is 24.3 Å². The molecule has 0 bridgehead atoms. The van der Waals surface area contributed by atoms with E-state index in [9.17, 15) is 0 Å². The van der Waals surface area contributed by atoms with Gasteiger partial charge in [0.2, 0.25) is 0 Å². The van der Waals surface area contributed by atoms with Crippen LogP contribution in [0.4, 0.5) is 0 Å². The number of aromatic nitrogens is 2. The quantitative estimate of drug-likeness (QED) is 0.665. The Kier molecular flexibility index (Phi) is 3.84. The number of methoxy groups -OCH3 is 1. The smallest absolute Gasteiger partial charge is 0.141 e. The molecule has 108 valence electrons. The fourth-order valence-electron chi connectivity index (χ4n) is 2.52. The van der Waals surface area contributed by atoms with E-state index < -0.39 is 0 Å². The van der Waals surface area contributed by atoms with Crippen molar-refractivity contribution >= 4 is 22.6 Å². The molecule has 0 saturated carbocycles. The summed E-state index contributed by atoms with van der Waals surface area (Å²) in [6.45, 7) is 3.00. The molecule has 0 spiro atoms. The summed E-state index contributed by atoms with van der Waals surface area (Å²) in [5.74, 6) is 2.33. The molecule has 0 unspecified atom stereocenters. The molecule has 0 aliphatic carbocycles. The summed E-state index contributed by atoms with van der Waals surface area (Å²) in [7, 11) is 1.67. The number of benzene rings is 2. The highest BCUT2D eigenvalue weighted by molar-refractivity contribution is 6.17. The zero-order valence-electron chi connectivity index (χ0n) is 12.1. The van der Waals surface area contributed by atoms with Gasteiger partial charge in [0.1, 0.15) is 11.6 Å². The van der Waals surface area contributed by atoms with Gasteiger partial charge in [-0.3, -0.25) is 0 Å². The summed E-state index contributed by atoms with van der Waals surface area (Å²) in [5.41, 5.74) is 4.28. The number of fused-ring (bicyclic) bond motifs is 1. The van der Waals surface area contributed by atoms with Gasteiger partial charge in [0.25, 0.3) is 0 Å². The maximum Gasteiger partial charge on any atom is 0.141 e. The molecule has 0 amide bonds. The largest absolute Gasteiger partial charge is 0.497 e. The molecule has 4 heteroatoms. The number of ether oxygens (including phenoxy) is 1. The Bertz CT molecular complexity index is 762. The first-order chi connectivity index (χ1) is 10.3.